The Morgan fingerprint density at radius 2 is 1.78 bits per heavy atom. The first kappa shape index (κ1) is 25.8. The number of halogens is 3. The lowest BCUT2D eigenvalue weighted by atomic mass is 10.1. The third-order valence-electron chi connectivity index (χ3n) is 5.92. The monoisotopic (exact) mass is 520 g/mol. The molecule has 0 unspecified atom stereocenters. The summed E-state index contributed by atoms with van der Waals surface area (Å²) < 4.78 is 63.4. The summed E-state index contributed by atoms with van der Waals surface area (Å²) >= 11 is 0. The summed E-state index contributed by atoms with van der Waals surface area (Å²) in [7, 11) is -2.73. The van der Waals surface area contributed by atoms with Crippen LogP contribution in [0.2, 0.25) is 0 Å². The largest absolute Gasteiger partial charge is 0.416 e. The highest BCUT2D eigenvalue weighted by atomic mass is 32.2. The maximum absolute atomic E-state index is 13.0. The second-order valence-electron chi connectivity index (χ2n) is 8.78. The van der Waals surface area contributed by atoms with Crippen molar-refractivity contribution in [3.8, 4) is 0 Å². The molecule has 2 N–H and O–H groups in total. The number of fused-ring (bicyclic) bond motifs is 1. The smallest absolute Gasteiger partial charge is 0.356 e. The molecule has 12 heteroatoms. The van der Waals surface area contributed by atoms with Crippen LogP contribution in [0, 0.1) is 0 Å². The molecule has 4 rings (SSSR count). The van der Waals surface area contributed by atoms with E-state index in [1.54, 1.807) is 12.3 Å². The standard InChI is InChI=1S/C24H27F3N6O2S/c1-15(2)21-31-20-10-13-33(23-16(4-3-11-28-23)14-29-36(34)35)12-9-19(20)22(32-21)30-18-7-5-17(6-8-18)24(25,26)27/h3-8,11,15,36H,9-10,12-14H2,1-2H3,(H,29,34,35)(H,30,31,32). The Balaban J connectivity index is 1.62. The summed E-state index contributed by atoms with van der Waals surface area (Å²) in [6.45, 7) is 5.33. The van der Waals surface area contributed by atoms with E-state index in [-0.39, 0.29) is 12.5 Å². The third-order valence-corrected chi connectivity index (χ3v) is 6.33. The number of thiol groups is 1. The van der Waals surface area contributed by atoms with Crippen LogP contribution in [0.15, 0.2) is 42.6 Å². The first-order valence-electron chi connectivity index (χ1n) is 11.5. The fraction of sp³-hybridized carbons (Fsp3) is 0.375. The number of alkyl halides is 3. The molecule has 1 aromatic carbocycles. The molecule has 0 aliphatic carbocycles. The lowest BCUT2D eigenvalue weighted by molar-refractivity contribution is -0.137. The van der Waals surface area contributed by atoms with Gasteiger partial charge in [0.25, 0.3) is 0 Å². The molecule has 0 radical (unpaired) electrons. The maximum Gasteiger partial charge on any atom is 0.416 e. The Morgan fingerprint density at radius 3 is 2.44 bits per heavy atom. The zero-order valence-electron chi connectivity index (χ0n) is 19.8. The molecule has 0 amide bonds. The highest BCUT2D eigenvalue weighted by molar-refractivity contribution is 7.70. The number of rotatable bonds is 7. The van der Waals surface area contributed by atoms with Gasteiger partial charge in [0.15, 0.2) is 0 Å². The van der Waals surface area contributed by atoms with Crippen LogP contribution in [0.3, 0.4) is 0 Å². The molecule has 0 bridgehead atoms. The summed E-state index contributed by atoms with van der Waals surface area (Å²) in [5.41, 5.74) is 2.34. The van der Waals surface area contributed by atoms with Crippen LogP contribution in [0.1, 0.15) is 48.0 Å². The van der Waals surface area contributed by atoms with E-state index in [1.807, 2.05) is 19.9 Å². The minimum Gasteiger partial charge on any atom is -0.356 e. The Labute approximate surface area is 209 Å². The van der Waals surface area contributed by atoms with Crippen molar-refractivity contribution in [2.75, 3.05) is 23.3 Å². The van der Waals surface area contributed by atoms with Gasteiger partial charge in [-0.1, -0.05) is 19.9 Å². The van der Waals surface area contributed by atoms with E-state index in [9.17, 15) is 21.6 Å². The van der Waals surface area contributed by atoms with Gasteiger partial charge in [0.1, 0.15) is 17.5 Å². The predicted molar refractivity (Wildman–Crippen MR) is 132 cm³/mol. The van der Waals surface area contributed by atoms with Gasteiger partial charge in [0, 0.05) is 55.0 Å². The lowest BCUT2D eigenvalue weighted by Gasteiger charge is -2.23. The number of pyridine rings is 1. The van der Waals surface area contributed by atoms with Crippen LogP contribution in [-0.2, 0) is 36.5 Å². The van der Waals surface area contributed by atoms with Crippen molar-refractivity contribution in [2.45, 2.75) is 45.3 Å². The fourth-order valence-corrected chi connectivity index (χ4v) is 4.37. The van der Waals surface area contributed by atoms with E-state index < -0.39 is 22.6 Å². The first-order chi connectivity index (χ1) is 17.1. The summed E-state index contributed by atoms with van der Waals surface area (Å²) in [4.78, 5) is 16.1. The van der Waals surface area contributed by atoms with E-state index >= 15 is 0 Å². The van der Waals surface area contributed by atoms with E-state index in [0.717, 1.165) is 29.0 Å². The summed E-state index contributed by atoms with van der Waals surface area (Å²) in [5, 5.41) is 3.20. The van der Waals surface area contributed by atoms with Gasteiger partial charge < -0.3 is 10.2 Å². The minimum absolute atomic E-state index is 0.0605. The molecule has 1 aliphatic heterocycles. The van der Waals surface area contributed by atoms with Crippen molar-refractivity contribution in [3.63, 3.8) is 0 Å². The average molecular weight is 521 g/mol. The van der Waals surface area contributed by atoms with E-state index in [0.29, 0.717) is 49.1 Å². The second-order valence-corrected chi connectivity index (χ2v) is 9.61. The van der Waals surface area contributed by atoms with Crippen molar-refractivity contribution < 1.29 is 21.6 Å². The van der Waals surface area contributed by atoms with Gasteiger partial charge in [-0.05, 0) is 36.8 Å². The lowest BCUT2D eigenvalue weighted by Crippen LogP contribution is -2.29. The van der Waals surface area contributed by atoms with Crippen LogP contribution in [-0.4, -0.2) is 36.5 Å². The second kappa shape index (κ2) is 10.8. The van der Waals surface area contributed by atoms with Gasteiger partial charge in [-0.3, -0.25) is 0 Å². The molecule has 192 valence electrons. The molecule has 3 aromatic rings. The third kappa shape index (κ3) is 6.11. The van der Waals surface area contributed by atoms with Crippen LogP contribution in [0.4, 0.5) is 30.5 Å². The minimum atomic E-state index is -4.40. The molecule has 8 nitrogen and oxygen atoms in total. The van der Waals surface area contributed by atoms with Crippen molar-refractivity contribution in [3.05, 3.63) is 70.8 Å². The highest BCUT2D eigenvalue weighted by Crippen LogP contribution is 2.32. The van der Waals surface area contributed by atoms with Crippen LogP contribution in [0.25, 0.3) is 0 Å². The molecule has 0 saturated carbocycles. The number of nitrogens with one attached hydrogen (secondary N) is 2. The van der Waals surface area contributed by atoms with Crippen LogP contribution in [0.5, 0.6) is 0 Å². The van der Waals surface area contributed by atoms with Gasteiger partial charge >= 0.3 is 6.18 Å². The van der Waals surface area contributed by atoms with Crippen molar-refractivity contribution in [1.29, 1.82) is 0 Å². The van der Waals surface area contributed by atoms with Gasteiger partial charge in [0.05, 0.1) is 11.3 Å². The van der Waals surface area contributed by atoms with Crippen molar-refractivity contribution >= 4 is 28.2 Å². The molecular formula is C24H27F3N6O2S. The van der Waals surface area contributed by atoms with Crippen molar-refractivity contribution in [2.24, 2.45) is 0 Å². The Kier molecular flexibility index (Phi) is 7.74. The van der Waals surface area contributed by atoms with Crippen molar-refractivity contribution in [1.82, 2.24) is 19.7 Å². The Bertz CT molecular complexity index is 1290. The van der Waals surface area contributed by atoms with Gasteiger partial charge in [-0.15, -0.1) is 0 Å². The molecule has 0 fully saturated rings. The van der Waals surface area contributed by atoms with Crippen LogP contribution >= 0.6 is 0 Å². The number of nitrogens with zero attached hydrogens (tertiary/aromatic N) is 4. The van der Waals surface area contributed by atoms with Crippen LogP contribution < -0.4 is 14.9 Å². The average Bonchev–Trinajstić information content (AvgIpc) is 3.05. The number of hydrogen-bond acceptors (Lipinski definition) is 7. The quantitative estimate of drug-likeness (QED) is 0.405. The topological polar surface area (TPSA) is 100 Å². The molecular weight excluding hydrogens is 493 g/mol. The number of anilines is 3. The van der Waals surface area contributed by atoms with E-state index in [2.05, 4.69) is 19.9 Å². The Hall–Kier alpha value is -3.25. The molecule has 36 heavy (non-hydrogen) atoms. The number of benzene rings is 1. The Morgan fingerprint density at radius 1 is 1.06 bits per heavy atom. The first-order valence-corrected chi connectivity index (χ1v) is 12.7. The number of hydrogen-bond donors (Lipinski definition) is 3. The zero-order chi connectivity index (χ0) is 25.9. The maximum atomic E-state index is 13.0. The summed E-state index contributed by atoms with van der Waals surface area (Å²) in [6.07, 6.45) is -1.54. The normalized spacial score (nSPS) is 14.1. The molecule has 0 saturated heterocycles. The summed E-state index contributed by atoms with van der Waals surface area (Å²) in [6, 6.07) is 8.46. The summed E-state index contributed by atoms with van der Waals surface area (Å²) in [5.74, 6) is 1.99. The molecule has 2 aromatic heterocycles. The SMILES string of the molecule is CC(C)c1nc2c(c(Nc3ccc(C(F)(F)F)cc3)n1)CCN(c1ncccc1CN[SH](=O)=O)CC2. The zero-order valence-corrected chi connectivity index (χ0v) is 20.7. The highest BCUT2D eigenvalue weighted by Gasteiger charge is 2.30. The number of aromatic nitrogens is 3. The molecule has 3 heterocycles. The van der Waals surface area contributed by atoms with Gasteiger partial charge in [-0.2, -0.15) is 13.2 Å². The van der Waals surface area contributed by atoms with Gasteiger partial charge in [0.2, 0.25) is 10.9 Å². The molecule has 0 atom stereocenters. The van der Waals surface area contributed by atoms with E-state index in [4.69, 9.17) is 9.97 Å². The van der Waals surface area contributed by atoms with Gasteiger partial charge in [-0.25, -0.2) is 28.1 Å². The molecule has 1 aliphatic rings. The predicted octanol–water partition coefficient (Wildman–Crippen LogP) is 3.98. The molecule has 0 spiro atoms. The van der Waals surface area contributed by atoms with E-state index in [1.165, 1.54) is 12.1 Å². The fourth-order valence-electron chi connectivity index (χ4n) is 4.07.